The summed E-state index contributed by atoms with van der Waals surface area (Å²) in [4.78, 5) is 16.0. The first-order valence-corrected chi connectivity index (χ1v) is 6.09. The fraction of sp³-hybridized carbons (Fsp3) is 0.200. The number of rotatable bonds is 4. The van der Waals surface area contributed by atoms with Gasteiger partial charge in [-0.2, -0.15) is 0 Å². The van der Waals surface area contributed by atoms with Gasteiger partial charge in [0.15, 0.2) is 0 Å². The van der Waals surface area contributed by atoms with E-state index in [9.17, 15) is 4.79 Å². The fourth-order valence-electron chi connectivity index (χ4n) is 1.84. The number of hydrogen-bond donors (Lipinski definition) is 1. The molecule has 5 nitrogen and oxygen atoms in total. The van der Waals surface area contributed by atoms with Gasteiger partial charge in [0, 0.05) is 18.5 Å². The zero-order valence-corrected chi connectivity index (χ0v) is 11.6. The lowest BCUT2D eigenvalue weighted by Crippen LogP contribution is -2.13. The van der Waals surface area contributed by atoms with Gasteiger partial charge >= 0.3 is 0 Å². The van der Waals surface area contributed by atoms with E-state index in [0.717, 1.165) is 5.56 Å². The Hall–Kier alpha value is -2.56. The summed E-state index contributed by atoms with van der Waals surface area (Å²) >= 11 is 0. The number of nitrogens with zero attached hydrogens (tertiary/aromatic N) is 1. The normalized spacial score (nSPS) is 9.95. The third-order valence-electron chi connectivity index (χ3n) is 2.89. The maximum absolute atomic E-state index is 12.1. The molecule has 0 aliphatic rings. The third kappa shape index (κ3) is 2.88. The van der Waals surface area contributed by atoms with Gasteiger partial charge in [0.05, 0.1) is 25.5 Å². The summed E-state index contributed by atoms with van der Waals surface area (Å²) in [7, 11) is 3.14. The van der Waals surface area contributed by atoms with Gasteiger partial charge in [-0.25, -0.2) is 0 Å². The standard InChI is InChI=1S/C15H16N2O3/c1-10-7-14(20-3)12(8-13(10)19-2)17-15(18)11-5-4-6-16-9-11/h4-9H,1-3H3,(H,17,18). The lowest BCUT2D eigenvalue weighted by Gasteiger charge is -2.13. The van der Waals surface area contributed by atoms with E-state index < -0.39 is 0 Å². The summed E-state index contributed by atoms with van der Waals surface area (Å²) in [6.07, 6.45) is 3.12. The smallest absolute Gasteiger partial charge is 0.257 e. The average molecular weight is 272 g/mol. The van der Waals surface area contributed by atoms with Crippen molar-refractivity contribution in [2.45, 2.75) is 6.92 Å². The molecule has 0 spiro atoms. The number of aryl methyl sites for hydroxylation is 1. The van der Waals surface area contributed by atoms with Gasteiger partial charge in [0.25, 0.3) is 5.91 Å². The highest BCUT2D eigenvalue weighted by Crippen LogP contribution is 2.32. The molecule has 2 rings (SSSR count). The van der Waals surface area contributed by atoms with Gasteiger partial charge in [-0.05, 0) is 30.7 Å². The molecule has 1 aromatic carbocycles. The van der Waals surface area contributed by atoms with E-state index in [2.05, 4.69) is 10.3 Å². The van der Waals surface area contributed by atoms with Crippen LogP contribution in [-0.2, 0) is 0 Å². The minimum absolute atomic E-state index is 0.248. The lowest BCUT2D eigenvalue weighted by molar-refractivity contribution is 0.102. The molecule has 0 fully saturated rings. The molecule has 20 heavy (non-hydrogen) atoms. The largest absolute Gasteiger partial charge is 0.496 e. The van der Waals surface area contributed by atoms with Crippen LogP contribution in [0.25, 0.3) is 0 Å². The predicted octanol–water partition coefficient (Wildman–Crippen LogP) is 2.66. The Morgan fingerprint density at radius 3 is 2.55 bits per heavy atom. The van der Waals surface area contributed by atoms with Crippen molar-refractivity contribution in [1.82, 2.24) is 4.98 Å². The van der Waals surface area contributed by atoms with Gasteiger partial charge in [0.2, 0.25) is 0 Å². The lowest BCUT2D eigenvalue weighted by atomic mass is 10.1. The average Bonchev–Trinajstić information content (AvgIpc) is 2.49. The summed E-state index contributed by atoms with van der Waals surface area (Å²) < 4.78 is 10.5. The van der Waals surface area contributed by atoms with Gasteiger partial charge in [0.1, 0.15) is 11.5 Å². The number of amides is 1. The SMILES string of the molecule is COc1cc(NC(=O)c2cccnc2)c(OC)cc1C. The number of aromatic nitrogens is 1. The van der Waals surface area contributed by atoms with Crippen molar-refractivity contribution in [1.29, 1.82) is 0 Å². The Kier molecular flexibility index (Phi) is 4.20. The van der Waals surface area contributed by atoms with Crippen LogP contribution in [0.5, 0.6) is 11.5 Å². The molecule has 0 radical (unpaired) electrons. The third-order valence-corrected chi connectivity index (χ3v) is 2.89. The molecule has 0 saturated heterocycles. The van der Waals surface area contributed by atoms with Crippen molar-refractivity contribution >= 4 is 11.6 Å². The topological polar surface area (TPSA) is 60.5 Å². The number of nitrogens with one attached hydrogen (secondary N) is 1. The number of benzene rings is 1. The zero-order chi connectivity index (χ0) is 14.5. The monoisotopic (exact) mass is 272 g/mol. The molecule has 0 saturated carbocycles. The quantitative estimate of drug-likeness (QED) is 0.929. The molecular weight excluding hydrogens is 256 g/mol. The Balaban J connectivity index is 2.31. The highest BCUT2D eigenvalue weighted by Gasteiger charge is 2.12. The molecule has 0 aliphatic carbocycles. The highest BCUT2D eigenvalue weighted by molar-refractivity contribution is 6.05. The minimum Gasteiger partial charge on any atom is -0.496 e. The van der Waals surface area contributed by atoms with Crippen LogP contribution in [0.1, 0.15) is 15.9 Å². The van der Waals surface area contributed by atoms with Crippen molar-refractivity contribution in [3.8, 4) is 11.5 Å². The van der Waals surface area contributed by atoms with Gasteiger partial charge in [-0.15, -0.1) is 0 Å². The number of ether oxygens (including phenoxy) is 2. The summed E-state index contributed by atoms with van der Waals surface area (Å²) in [5.41, 5.74) is 1.97. The Bertz CT molecular complexity index is 612. The predicted molar refractivity (Wildman–Crippen MR) is 76.5 cm³/mol. The van der Waals surface area contributed by atoms with Crippen molar-refractivity contribution in [3.63, 3.8) is 0 Å². The minimum atomic E-state index is -0.248. The second kappa shape index (κ2) is 6.06. The molecule has 0 bridgehead atoms. The van der Waals surface area contributed by atoms with Crippen molar-refractivity contribution < 1.29 is 14.3 Å². The number of carbonyl (C=O) groups excluding carboxylic acids is 1. The molecule has 1 aromatic heterocycles. The summed E-state index contributed by atoms with van der Waals surface area (Å²) in [5, 5.41) is 2.80. The molecular formula is C15H16N2O3. The molecule has 1 heterocycles. The fourth-order valence-corrected chi connectivity index (χ4v) is 1.84. The van der Waals surface area contributed by atoms with Crippen LogP contribution in [0, 0.1) is 6.92 Å². The van der Waals surface area contributed by atoms with Crippen LogP contribution < -0.4 is 14.8 Å². The van der Waals surface area contributed by atoms with Crippen molar-refractivity contribution in [2.24, 2.45) is 0 Å². The maximum atomic E-state index is 12.1. The number of carbonyl (C=O) groups is 1. The number of hydrogen-bond acceptors (Lipinski definition) is 4. The van der Waals surface area contributed by atoms with Crippen molar-refractivity contribution in [2.75, 3.05) is 19.5 Å². The van der Waals surface area contributed by atoms with Gasteiger partial charge in [-0.1, -0.05) is 0 Å². The van der Waals surface area contributed by atoms with Gasteiger partial charge in [-0.3, -0.25) is 9.78 Å². The van der Waals surface area contributed by atoms with E-state index in [1.54, 1.807) is 38.6 Å². The molecule has 1 amide bonds. The van der Waals surface area contributed by atoms with E-state index in [1.807, 2.05) is 13.0 Å². The van der Waals surface area contributed by atoms with Crippen molar-refractivity contribution in [3.05, 3.63) is 47.8 Å². The second-order valence-electron chi connectivity index (χ2n) is 4.22. The van der Waals surface area contributed by atoms with Crippen LogP contribution in [-0.4, -0.2) is 25.1 Å². The number of anilines is 1. The van der Waals surface area contributed by atoms with Gasteiger partial charge < -0.3 is 14.8 Å². The first-order chi connectivity index (χ1) is 9.65. The van der Waals surface area contributed by atoms with Crippen LogP contribution in [0.2, 0.25) is 0 Å². The summed E-state index contributed by atoms with van der Waals surface area (Å²) in [6.45, 7) is 1.91. The van der Waals surface area contributed by atoms with Crippen LogP contribution >= 0.6 is 0 Å². The van der Waals surface area contributed by atoms with Crippen LogP contribution in [0.4, 0.5) is 5.69 Å². The van der Waals surface area contributed by atoms with E-state index in [4.69, 9.17) is 9.47 Å². The molecule has 1 N–H and O–H groups in total. The first kappa shape index (κ1) is 13.9. The summed E-state index contributed by atoms with van der Waals surface area (Å²) in [5.74, 6) is 1.02. The Morgan fingerprint density at radius 2 is 1.95 bits per heavy atom. The molecule has 0 atom stereocenters. The molecule has 2 aromatic rings. The maximum Gasteiger partial charge on any atom is 0.257 e. The molecule has 5 heteroatoms. The summed E-state index contributed by atoms with van der Waals surface area (Å²) in [6, 6.07) is 6.96. The molecule has 104 valence electrons. The van der Waals surface area contributed by atoms with E-state index in [0.29, 0.717) is 22.7 Å². The Morgan fingerprint density at radius 1 is 1.20 bits per heavy atom. The van der Waals surface area contributed by atoms with E-state index in [-0.39, 0.29) is 5.91 Å². The molecule has 0 unspecified atom stereocenters. The molecule has 0 aliphatic heterocycles. The van der Waals surface area contributed by atoms with E-state index in [1.165, 1.54) is 6.20 Å². The Labute approximate surface area is 117 Å². The first-order valence-electron chi connectivity index (χ1n) is 6.09. The zero-order valence-electron chi connectivity index (χ0n) is 11.6. The van der Waals surface area contributed by atoms with Crippen LogP contribution in [0.15, 0.2) is 36.7 Å². The van der Waals surface area contributed by atoms with E-state index >= 15 is 0 Å². The second-order valence-corrected chi connectivity index (χ2v) is 4.22. The number of pyridine rings is 1. The highest BCUT2D eigenvalue weighted by atomic mass is 16.5. The van der Waals surface area contributed by atoms with Crippen LogP contribution in [0.3, 0.4) is 0 Å². The number of methoxy groups -OCH3 is 2.